The predicted molar refractivity (Wildman–Crippen MR) is 89.2 cm³/mol. The minimum atomic E-state index is -0.971. The first-order chi connectivity index (χ1) is 10.7. The van der Waals surface area contributed by atoms with Crippen molar-refractivity contribution in [1.29, 1.82) is 0 Å². The van der Waals surface area contributed by atoms with Gasteiger partial charge in [0.2, 0.25) is 5.91 Å². The number of aliphatic carboxylic acids is 1. The molecule has 1 heterocycles. The summed E-state index contributed by atoms with van der Waals surface area (Å²) in [4.78, 5) is 39.2. The molecule has 4 N–H and O–H groups in total. The molecule has 124 valence electrons. The van der Waals surface area contributed by atoms with Gasteiger partial charge in [0.15, 0.2) is 5.78 Å². The van der Waals surface area contributed by atoms with Gasteiger partial charge in [0, 0.05) is 22.9 Å². The number of primary amides is 1. The topological polar surface area (TPSA) is 126 Å². The minimum absolute atomic E-state index is 0.000396. The molecule has 2 aromatic rings. The number of aryl methyl sites for hydroxylation is 1. The van der Waals surface area contributed by atoms with E-state index >= 15 is 0 Å². The molecule has 2 rings (SSSR count). The number of carboxylic acid groups (broad SMARTS) is 1. The number of aromatic nitrogens is 2. The zero-order valence-corrected chi connectivity index (χ0v) is 14.4. The van der Waals surface area contributed by atoms with Crippen LogP contribution in [0.15, 0.2) is 16.6 Å². The van der Waals surface area contributed by atoms with Gasteiger partial charge in [0.1, 0.15) is 11.3 Å². The number of nitrogens with one attached hydrogen (secondary N) is 1. The number of rotatable bonds is 5. The summed E-state index contributed by atoms with van der Waals surface area (Å²) in [7, 11) is 0. The van der Waals surface area contributed by atoms with Crippen molar-refractivity contribution in [3.63, 3.8) is 0 Å². The van der Waals surface area contributed by atoms with E-state index in [1.54, 1.807) is 19.1 Å². The molecule has 23 heavy (non-hydrogen) atoms. The van der Waals surface area contributed by atoms with Gasteiger partial charge in [-0.05, 0) is 35.0 Å². The summed E-state index contributed by atoms with van der Waals surface area (Å²) >= 11 is 3.36. The molecule has 0 aliphatic heterocycles. The number of hydrogen-bond donors (Lipinski definition) is 3. The number of carbonyl (C=O) groups excluding carboxylic acids is 2. The SMILES string of the molecule is CCC(N)=O.Cc1nc2c(Br)cc(C(=O)CCC(=O)O)cc2[nH]1. The van der Waals surface area contributed by atoms with E-state index in [0.29, 0.717) is 12.0 Å². The van der Waals surface area contributed by atoms with Crippen LogP contribution < -0.4 is 5.73 Å². The zero-order valence-electron chi connectivity index (χ0n) is 12.9. The summed E-state index contributed by atoms with van der Waals surface area (Å²) in [5, 5.41) is 8.56. The largest absolute Gasteiger partial charge is 0.481 e. The third-order valence-corrected chi connectivity index (χ3v) is 3.50. The number of aromatic amines is 1. The fourth-order valence-electron chi connectivity index (χ4n) is 1.72. The maximum atomic E-state index is 11.8. The molecule has 0 aliphatic rings. The van der Waals surface area contributed by atoms with Crippen molar-refractivity contribution >= 4 is 44.6 Å². The van der Waals surface area contributed by atoms with Crippen LogP contribution in [0.2, 0.25) is 0 Å². The number of nitrogens with zero attached hydrogens (tertiary/aromatic N) is 1. The van der Waals surface area contributed by atoms with Crippen molar-refractivity contribution in [3.05, 3.63) is 28.0 Å². The second-order valence-corrected chi connectivity index (χ2v) is 5.67. The van der Waals surface area contributed by atoms with Crippen molar-refractivity contribution in [1.82, 2.24) is 9.97 Å². The smallest absolute Gasteiger partial charge is 0.303 e. The molecule has 1 aromatic carbocycles. The number of carbonyl (C=O) groups is 3. The van der Waals surface area contributed by atoms with Gasteiger partial charge in [-0.25, -0.2) is 4.98 Å². The molecule has 8 heteroatoms. The molecule has 0 spiro atoms. The highest BCUT2D eigenvalue weighted by Crippen LogP contribution is 2.24. The van der Waals surface area contributed by atoms with Crippen LogP contribution in [0.4, 0.5) is 0 Å². The Bertz CT molecular complexity index is 740. The fraction of sp³-hybridized carbons (Fsp3) is 0.333. The van der Waals surface area contributed by atoms with Crippen LogP contribution in [-0.4, -0.2) is 32.7 Å². The summed E-state index contributed by atoms with van der Waals surface area (Å²) in [5.41, 5.74) is 6.67. The van der Waals surface area contributed by atoms with Crippen LogP contribution >= 0.6 is 15.9 Å². The van der Waals surface area contributed by atoms with Gasteiger partial charge in [-0.1, -0.05) is 6.92 Å². The van der Waals surface area contributed by atoms with Crippen LogP contribution in [0.3, 0.4) is 0 Å². The molecule has 0 atom stereocenters. The highest BCUT2D eigenvalue weighted by molar-refractivity contribution is 9.10. The molecule has 0 bridgehead atoms. The number of imidazole rings is 1. The second-order valence-electron chi connectivity index (χ2n) is 4.81. The van der Waals surface area contributed by atoms with E-state index in [9.17, 15) is 14.4 Å². The summed E-state index contributed by atoms with van der Waals surface area (Å²) in [6.07, 6.45) is 0.289. The molecule has 1 amide bonds. The van der Waals surface area contributed by atoms with E-state index in [0.717, 1.165) is 21.3 Å². The van der Waals surface area contributed by atoms with Gasteiger partial charge in [-0.3, -0.25) is 14.4 Å². The Balaban J connectivity index is 0.000000463. The van der Waals surface area contributed by atoms with Gasteiger partial charge in [0.25, 0.3) is 0 Å². The third-order valence-electron chi connectivity index (χ3n) is 2.89. The minimum Gasteiger partial charge on any atom is -0.481 e. The number of benzene rings is 1. The molecule has 7 nitrogen and oxygen atoms in total. The Morgan fingerprint density at radius 1 is 1.30 bits per heavy atom. The lowest BCUT2D eigenvalue weighted by molar-refractivity contribution is -0.137. The van der Waals surface area contributed by atoms with Crippen LogP contribution in [-0.2, 0) is 9.59 Å². The first kappa shape index (κ1) is 18.8. The van der Waals surface area contributed by atoms with Crippen molar-refractivity contribution in [2.24, 2.45) is 5.73 Å². The van der Waals surface area contributed by atoms with Gasteiger partial charge in [0.05, 0.1) is 11.9 Å². The normalized spacial score (nSPS) is 10.0. The molecule has 0 saturated carbocycles. The summed E-state index contributed by atoms with van der Waals surface area (Å²) in [6, 6.07) is 3.37. The number of ketones is 1. The molecule has 0 radical (unpaired) electrons. The van der Waals surface area contributed by atoms with Gasteiger partial charge in [-0.2, -0.15) is 0 Å². The van der Waals surface area contributed by atoms with Crippen LogP contribution in [0.1, 0.15) is 42.4 Å². The molecule has 0 fully saturated rings. The molecule has 0 unspecified atom stereocenters. The number of carboxylic acids is 1. The summed E-state index contributed by atoms with van der Waals surface area (Å²) < 4.78 is 0.725. The van der Waals surface area contributed by atoms with Crippen molar-refractivity contribution in [2.75, 3.05) is 0 Å². The monoisotopic (exact) mass is 383 g/mol. The molecular weight excluding hydrogens is 366 g/mol. The Morgan fingerprint density at radius 3 is 2.43 bits per heavy atom. The van der Waals surface area contributed by atoms with Gasteiger partial charge >= 0.3 is 5.97 Å². The highest BCUT2D eigenvalue weighted by atomic mass is 79.9. The Hall–Kier alpha value is -2.22. The fourth-order valence-corrected chi connectivity index (χ4v) is 2.27. The highest BCUT2D eigenvalue weighted by Gasteiger charge is 2.12. The number of halogens is 1. The number of Topliss-reactive ketones (excluding diaryl/α,β-unsaturated/α-hetero) is 1. The van der Waals surface area contributed by atoms with E-state index in [2.05, 4.69) is 31.6 Å². The maximum Gasteiger partial charge on any atom is 0.303 e. The van der Waals surface area contributed by atoms with E-state index < -0.39 is 5.97 Å². The second kappa shape index (κ2) is 8.42. The molecule has 0 aliphatic carbocycles. The first-order valence-electron chi connectivity index (χ1n) is 6.93. The van der Waals surface area contributed by atoms with E-state index in [1.165, 1.54) is 0 Å². The summed E-state index contributed by atoms with van der Waals surface area (Å²) in [5.74, 6) is -0.640. The summed E-state index contributed by atoms with van der Waals surface area (Å²) in [6.45, 7) is 3.56. The molecular formula is C15H18BrN3O4. The Morgan fingerprint density at radius 2 is 1.91 bits per heavy atom. The lowest BCUT2D eigenvalue weighted by atomic mass is 10.1. The Kier molecular flexibility index (Phi) is 6.89. The standard InChI is InChI=1S/C12H11BrN2O3.C3H7NO/c1-6-14-9-5-7(4-8(13)12(9)15-6)10(16)2-3-11(17)18;1-2-3(4)5/h4-5H,2-3H2,1H3,(H,14,15)(H,17,18);2H2,1H3,(H2,4,5). The number of nitrogens with two attached hydrogens (primary N) is 1. The molecule has 0 saturated heterocycles. The van der Waals surface area contributed by atoms with Gasteiger partial charge in [-0.15, -0.1) is 0 Å². The third kappa shape index (κ3) is 5.82. The van der Waals surface area contributed by atoms with Gasteiger partial charge < -0.3 is 15.8 Å². The average Bonchev–Trinajstić information content (AvgIpc) is 2.86. The number of amides is 1. The zero-order chi connectivity index (χ0) is 17.6. The number of hydrogen-bond acceptors (Lipinski definition) is 4. The van der Waals surface area contributed by atoms with E-state index in [-0.39, 0.29) is 24.5 Å². The quantitative estimate of drug-likeness (QED) is 0.683. The maximum absolute atomic E-state index is 11.8. The number of fused-ring (bicyclic) bond motifs is 1. The van der Waals surface area contributed by atoms with E-state index in [4.69, 9.17) is 5.11 Å². The van der Waals surface area contributed by atoms with E-state index in [1.807, 2.05) is 6.92 Å². The lowest BCUT2D eigenvalue weighted by Crippen LogP contribution is -2.06. The van der Waals surface area contributed by atoms with Crippen molar-refractivity contribution in [3.8, 4) is 0 Å². The average molecular weight is 384 g/mol. The lowest BCUT2D eigenvalue weighted by Gasteiger charge is -2.01. The molecule has 1 aromatic heterocycles. The van der Waals surface area contributed by atoms with Crippen LogP contribution in [0, 0.1) is 6.92 Å². The predicted octanol–water partition coefficient (Wildman–Crippen LogP) is 2.56. The number of H-pyrrole nitrogens is 1. The van der Waals surface area contributed by atoms with Crippen molar-refractivity contribution in [2.45, 2.75) is 33.1 Å². The van der Waals surface area contributed by atoms with Crippen molar-refractivity contribution < 1.29 is 19.5 Å². The Labute approximate surface area is 141 Å². The first-order valence-corrected chi connectivity index (χ1v) is 7.73. The van der Waals surface area contributed by atoms with Crippen LogP contribution in [0.25, 0.3) is 11.0 Å². The van der Waals surface area contributed by atoms with Crippen LogP contribution in [0.5, 0.6) is 0 Å².